The molecule has 19 heavy (non-hydrogen) atoms. The number of nitrogens with zero attached hydrogens (tertiary/aromatic N) is 1. The molecule has 1 N–H and O–H groups in total. The van der Waals surface area contributed by atoms with Crippen LogP contribution < -0.4 is 5.32 Å². The summed E-state index contributed by atoms with van der Waals surface area (Å²) in [5.74, 6) is 2.57. The molecule has 1 aliphatic heterocycles. The molecular formula is C17H34N2. The third-order valence-corrected chi connectivity index (χ3v) is 5.32. The second-order valence-electron chi connectivity index (χ2n) is 7.46. The Hall–Kier alpha value is -0.0800. The first-order chi connectivity index (χ1) is 9.08. The summed E-state index contributed by atoms with van der Waals surface area (Å²) >= 11 is 0. The molecule has 0 bridgehead atoms. The Morgan fingerprint density at radius 2 is 1.79 bits per heavy atom. The zero-order valence-electron chi connectivity index (χ0n) is 13.5. The third-order valence-electron chi connectivity index (χ3n) is 5.32. The fourth-order valence-corrected chi connectivity index (χ4v) is 4.09. The summed E-state index contributed by atoms with van der Waals surface area (Å²) in [6, 6.07) is 1.55. The van der Waals surface area contributed by atoms with Gasteiger partial charge in [0, 0.05) is 18.6 Å². The Bertz CT molecular complexity index is 264. The summed E-state index contributed by atoms with van der Waals surface area (Å²) in [5, 5.41) is 3.67. The predicted molar refractivity (Wildman–Crippen MR) is 83.4 cm³/mol. The molecule has 0 spiro atoms. The van der Waals surface area contributed by atoms with Gasteiger partial charge in [0.2, 0.25) is 0 Å². The van der Waals surface area contributed by atoms with Crippen molar-refractivity contribution in [2.24, 2.45) is 17.8 Å². The van der Waals surface area contributed by atoms with Gasteiger partial charge in [-0.2, -0.15) is 0 Å². The maximum atomic E-state index is 3.67. The SMILES string of the molecule is CC1CNC(C)CCN(C2CCCCC2C(C)C)C1. The number of hydrogen-bond donors (Lipinski definition) is 1. The molecule has 2 rings (SSSR count). The lowest BCUT2D eigenvalue weighted by molar-refractivity contribution is 0.0581. The minimum Gasteiger partial charge on any atom is -0.314 e. The van der Waals surface area contributed by atoms with E-state index in [-0.39, 0.29) is 0 Å². The molecule has 1 saturated carbocycles. The van der Waals surface area contributed by atoms with Crippen LogP contribution >= 0.6 is 0 Å². The molecule has 0 aromatic rings. The molecule has 0 aromatic heterocycles. The van der Waals surface area contributed by atoms with Crippen molar-refractivity contribution in [3.63, 3.8) is 0 Å². The Morgan fingerprint density at radius 1 is 1.05 bits per heavy atom. The van der Waals surface area contributed by atoms with Gasteiger partial charge in [-0.1, -0.05) is 33.6 Å². The van der Waals surface area contributed by atoms with Gasteiger partial charge in [-0.3, -0.25) is 4.90 Å². The molecule has 1 saturated heterocycles. The van der Waals surface area contributed by atoms with Crippen LogP contribution in [0.1, 0.15) is 59.8 Å². The molecule has 2 aliphatic rings. The fourth-order valence-electron chi connectivity index (χ4n) is 4.09. The standard InChI is InChI=1S/C17H34N2/c1-13(2)16-7-5-6-8-17(16)19-10-9-15(4)18-11-14(3)12-19/h13-18H,5-12H2,1-4H3. The van der Waals surface area contributed by atoms with E-state index in [4.69, 9.17) is 0 Å². The topological polar surface area (TPSA) is 15.3 Å². The van der Waals surface area contributed by atoms with E-state index in [1.165, 1.54) is 51.7 Å². The average Bonchev–Trinajstić information content (AvgIpc) is 2.39. The summed E-state index contributed by atoms with van der Waals surface area (Å²) < 4.78 is 0. The first-order valence-corrected chi connectivity index (χ1v) is 8.55. The van der Waals surface area contributed by atoms with Crippen LogP contribution in [0.15, 0.2) is 0 Å². The lowest BCUT2D eigenvalue weighted by atomic mass is 9.76. The summed E-state index contributed by atoms with van der Waals surface area (Å²) in [6.07, 6.45) is 7.12. The van der Waals surface area contributed by atoms with Gasteiger partial charge < -0.3 is 5.32 Å². The van der Waals surface area contributed by atoms with Gasteiger partial charge in [0.1, 0.15) is 0 Å². The summed E-state index contributed by atoms with van der Waals surface area (Å²) in [4.78, 5) is 2.85. The highest BCUT2D eigenvalue weighted by Crippen LogP contribution is 2.34. The van der Waals surface area contributed by atoms with E-state index in [9.17, 15) is 0 Å². The van der Waals surface area contributed by atoms with E-state index in [1.807, 2.05) is 0 Å². The smallest absolute Gasteiger partial charge is 0.0126 e. The average molecular weight is 266 g/mol. The lowest BCUT2D eigenvalue weighted by Crippen LogP contribution is -2.50. The van der Waals surface area contributed by atoms with Crippen molar-refractivity contribution >= 4 is 0 Å². The normalized spacial score (nSPS) is 39.0. The van der Waals surface area contributed by atoms with E-state index >= 15 is 0 Å². The second-order valence-corrected chi connectivity index (χ2v) is 7.46. The largest absolute Gasteiger partial charge is 0.314 e. The highest BCUT2D eigenvalue weighted by atomic mass is 15.2. The van der Waals surface area contributed by atoms with Crippen molar-refractivity contribution in [2.45, 2.75) is 71.9 Å². The quantitative estimate of drug-likeness (QED) is 0.822. The van der Waals surface area contributed by atoms with Gasteiger partial charge in [-0.25, -0.2) is 0 Å². The number of nitrogens with one attached hydrogen (secondary N) is 1. The maximum Gasteiger partial charge on any atom is 0.0126 e. The maximum absolute atomic E-state index is 3.67. The van der Waals surface area contributed by atoms with Crippen LogP contribution in [0.25, 0.3) is 0 Å². The Morgan fingerprint density at radius 3 is 2.53 bits per heavy atom. The highest BCUT2D eigenvalue weighted by molar-refractivity contribution is 4.87. The first kappa shape index (κ1) is 15.3. The van der Waals surface area contributed by atoms with E-state index < -0.39 is 0 Å². The Kier molecular flexibility index (Phi) is 5.70. The summed E-state index contributed by atoms with van der Waals surface area (Å²) in [7, 11) is 0. The molecule has 1 heterocycles. The minimum absolute atomic E-state index is 0.686. The number of rotatable bonds is 2. The van der Waals surface area contributed by atoms with Crippen LogP contribution in [-0.4, -0.2) is 36.6 Å². The molecule has 1 aliphatic carbocycles. The van der Waals surface area contributed by atoms with Crippen molar-refractivity contribution in [1.82, 2.24) is 10.2 Å². The Labute approximate surface area is 120 Å². The molecule has 0 amide bonds. The molecule has 2 nitrogen and oxygen atoms in total. The van der Waals surface area contributed by atoms with Gasteiger partial charge in [-0.15, -0.1) is 0 Å². The van der Waals surface area contributed by atoms with Crippen LogP contribution in [-0.2, 0) is 0 Å². The second kappa shape index (κ2) is 7.08. The van der Waals surface area contributed by atoms with Crippen molar-refractivity contribution in [3.8, 4) is 0 Å². The fraction of sp³-hybridized carbons (Fsp3) is 1.00. The molecular weight excluding hydrogens is 232 g/mol. The first-order valence-electron chi connectivity index (χ1n) is 8.55. The van der Waals surface area contributed by atoms with E-state index in [0.29, 0.717) is 6.04 Å². The van der Waals surface area contributed by atoms with Crippen LogP contribution in [0.5, 0.6) is 0 Å². The summed E-state index contributed by atoms with van der Waals surface area (Å²) in [5.41, 5.74) is 0. The van der Waals surface area contributed by atoms with Crippen molar-refractivity contribution in [2.75, 3.05) is 19.6 Å². The van der Waals surface area contributed by atoms with Crippen molar-refractivity contribution in [1.29, 1.82) is 0 Å². The number of hydrogen-bond acceptors (Lipinski definition) is 2. The molecule has 4 atom stereocenters. The molecule has 2 heteroatoms. The molecule has 0 aromatic carbocycles. The zero-order valence-corrected chi connectivity index (χ0v) is 13.5. The van der Waals surface area contributed by atoms with Crippen LogP contribution in [0.3, 0.4) is 0 Å². The predicted octanol–water partition coefficient (Wildman–Crippen LogP) is 3.52. The van der Waals surface area contributed by atoms with Crippen LogP contribution in [0.2, 0.25) is 0 Å². The lowest BCUT2D eigenvalue weighted by Gasteiger charge is -2.44. The van der Waals surface area contributed by atoms with Gasteiger partial charge >= 0.3 is 0 Å². The zero-order chi connectivity index (χ0) is 13.8. The van der Waals surface area contributed by atoms with Crippen LogP contribution in [0.4, 0.5) is 0 Å². The molecule has 2 fully saturated rings. The van der Waals surface area contributed by atoms with Gasteiger partial charge in [-0.05, 0) is 57.0 Å². The third kappa shape index (κ3) is 4.19. The monoisotopic (exact) mass is 266 g/mol. The Balaban J connectivity index is 2.03. The van der Waals surface area contributed by atoms with Crippen molar-refractivity contribution < 1.29 is 0 Å². The van der Waals surface area contributed by atoms with Gasteiger partial charge in [0.05, 0.1) is 0 Å². The van der Waals surface area contributed by atoms with Crippen LogP contribution in [0, 0.1) is 17.8 Å². The molecule has 112 valence electrons. The van der Waals surface area contributed by atoms with E-state index in [0.717, 1.165) is 23.8 Å². The minimum atomic E-state index is 0.686. The highest BCUT2D eigenvalue weighted by Gasteiger charge is 2.33. The molecule has 0 radical (unpaired) electrons. The van der Waals surface area contributed by atoms with E-state index in [2.05, 4.69) is 37.9 Å². The van der Waals surface area contributed by atoms with Crippen molar-refractivity contribution in [3.05, 3.63) is 0 Å². The molecule has 4 unspecified atom stereocenters. The van der Waals surface area contributed by atoms with Gasteiger partial charge in [0.25, 0.3) is 0 Å². The summed E-state index contributed by atoms with van der Waals surface area (Å²) in [6.45, 7) is 13.4. The van der Waals surface area contributed by atoms with Gasteiger partial charge in [0.15, 0.2) is 0 Å². The van der Waals surface area contributed by atoms with E-state index in [1.54, 1.807) is 0 Å².